The van der Waals surface area contributed by atoms with Crippen molar-refractivity contribution in [2.24, 2.45) is 0 Å². The molecule has 0 spiro atoms. The number of allylic oxidation sites excluding steroid dienone is 3. The Labute approximate surface area is 109 Å². The molecule has 17 heavy (non-hydrogen) atoms. The summed E-state index contributed by atoms with van der Waals surface area (Å²) >= 11 is 11.5. The number of aliphatic hydroxyl groups is 1. The fraction of sp³-hybridized carbons (Fsp3) is 0.333. The molecular weight excluding hydrogens is 263 g/mol. The van der Waals surface area contributed by atoms with E-state index >= 15 is 0 Å². The first-order valence-corrected chi connectivity index (χ1v) is 5.76. The summed E-state index contributed by atoms with van der Waals surface area (Å²) in [5.74, 6) is 3.73. The molecule has 2 atom stereocenters. The maximum atomic E-state index is 11.5. The Bertz CT molecular complexity index is 464. The van der Waals surface area contributed by atoms with E-state index in [1.54, 1.807) is 6.92 Å². The van der Waals surface area contributed by atoms with Crippen molar-refractivity contribution < 1.29 is 14.7 Å². The molecule has 0 aromatic carbocycles. The molecule has 0 amide bonds. The minimum Gasteiger partial charge on any atom is -0.504 e. The molecule has 90 valence electrons. The Balaban J connectivity index is 2.74. The molecule has 0 saturated heterocycles. The summed E-state index contributed by atoms with van der Waals surface area (Å²) in [4.78, 5) is 22.6. The maximum Gasteiger partial charge on any atom is 0.223 e. The van der Waals surface area contributed by atoms with E-state index in [-0.39, 0.29) is 17.4 Å². The average molecular weight is 273 g/mol. The van der Waals surface area contributed by atoms with E-state index in [0.717, 1.165) is 12.2 Å². The Morgan fingerprint density at radius 3 is 2.53 bits per heavy atom. The minimum atomic E-state index is -0.620. The summed E-state index contributed by atoms with van der Waals surface area (Å²) < 4.78 is 0. The van der Waals surface area contributed by atoms with Crippen molar-refractivity contribution in [1.29, 1.82) is 0 Å². The molecule has 0 saturated carbocycles. The van der Waals surface area contributed by atoms with E-state index in [2.05, 4.69) is 11.8 Å². The van der Waals surface area contributed by atoms with Gasteiger partial charge in [-0.1, -0.05) is 11.8 Å². The van der Waals surface area contributed by atoms with Crippen LogP contribution in [-0.2, 0) is 9.59 Å². The van der Waals surface area contributed by atoms with Crippen molar-refractivity contribution in [3.05, 3.63) is 23.5 Å². The Morgan fingerprint density at radius 1 is 1.29 bits per heavy atom. The van der Waals surface area contributed by atoms with Crippen molar-refractivity contribution in [1.82, 2.24) is 0 Å². The second-order valence-electron chi connectivity index (χ2n) is 3.51. The number of rotatable bonds is 2. The van der Waals surface area contributed by atoms with Gasteiger partial charge < -0.3 is 5.11 Å². The van der Waals surface area contributed by atoms with E-state index in [1.165, 1.54) is 0 Å². The lowest BCUT2D eigenvalue weighted by molar-refractivity contribution is -0.117. The molecule has 1 rings (SSSR count). The van der Waals surface area contributed by atoms with Crippen LogP contribution in [0, 0.1) is 11.8 Å². The molecule has 0 radical (unpaired) electrons. The zero-order valence-electron chi connectivity index (χ0n) is 9.04. The molecule has 0 bridgehead atoms. The largest absolute Gasteiger partial charge is 0.504 e. The Hall–Kier alpha value is -1.24. The van der Waals surface area contributed by atoms with Crippen LogP contribution in [-0.4, -0.2) is 27.4 Å². The third kappa shape index (κ3) is 4.26. The molecule has 1 aliphatic rings. The van der Waals surface area contributed by atoms with Gasteiger partial charge in [0, 0.05) is 18.1 Å². The third-order valence-corrected chi connectivity index (χ3v) is 2.33. The van der Waals surface area contributed by atoms with Gasteiger partial charge in [-0.25, -0.2) is 0 Å². The zero-order chi connectivity index (χ0) is 13.0. The van der Waals surface area contributed by atoms with Crippen LogP contribution in [0.15, 0.2) is 23.5 Å². The molecule has 0 aromatic rings. The number of alkyl halides is 2. The average Bonchev–Trinajstić information content (AvgIpc) is 2.22. The standard InChI is InChI=1S/C12H10Cl2O3/c1-7(13)2-3-9(14)4-8-5-10(15)6-11(16)12(8)17/h5-7,9,16H,4H2,1H3. The quantitative estimate of drug-likeness (QED) is 0.476. The van der Waals surface area contributed by atoms with Crippen LogP contribution in [0.5, 0.6) is 0 Å². The topological polar surface area (TPSA) is 54.4 Å². The van der Waals surface area contributed by atoms with Gasteiger partial charge in [-0.05, 0) is 13.0 Å². The molecule has 0 heterocycles. The first-order valence-electron chi connectivity index (χ1n) is 4.89. The van der Waals surface area contributed by atoms with Crippen LogP contribution in [0.2, 0.25) is 0 Å². The van der Waals surface area contributed by atoms with Crippen molar-refractivity contribution in [2.45, 2.75) is 24.1 Å². The zero-order valence-corrected chi connectivity index (χ0v) is 10.5. The van der Waals surface area contributed by atoms with Gasteiger partial charge in [-0.15, -0.1) is 23.2 Å². The first kappa shape index (κ1) is 13.8. The van der Waals surface area contributed by atoms with Crippen LogP contribution in [0.4, 0.5) is 0 Å². The first-order chi connectivity index (χ1) is 7.90. The SMILES string of the molecule is CC(Cl)C#CC(Cl)CC1=CC(=O)C=C(O)C1=O. The summed E-state index contributed by atoms with van der Waals surface area (Å²) in [5.41, 5.74) is 0.159. The van der Waals surface area contributed by atoms with Crippen molar-refractivity contribution in [3.8, 4) is 11.8 Å². The number of aliphatic hydroxyl groups excluding tert-OH is 1. The fourth-order valence-electron chi connectivity index (χ4n) is 1.24. The molecule has 5 heteroatoms. The molecular formula is C12H10Cl2O3. The lowest BCUT2D eigenvalue weighted by Gasteiger charge is -2.10. The highest BCUT2D eigenvalue weighted by Gasteiger charge is 2.22. The van der Waals surface area contributed by atoms with Crippen molar-refractivity contribution in [3.63, 3.8) is 0 Å². The Kier molecular flexibility index (Phi) is 4.80. The minimum absolute atomic E-state index is 0.0979. The number of hydrogen-bond acceptors (Lipinski definition) is 3. The van der Waals surface area contributed by atoms with Gasteiger partial charge in [0.2, 0.25) is 5.78 Å². The predicted molar refractivity (Wildman–Crippen MR) is 66.2 cm³/mol. The molecule has 0 aliphatic heterocycles. The van der Waals surface area contributed by atoms with Gasteiger partial charge in [0.1, 0.15) is 0 Å². The van der Waals surface area contributed by atoms with Crippen LogP contribution < -0.4 is 0 Å². The van der Waals surface area contributed by atoms with Crippen LogP contribution in [0.3, 0.4) is 0 Å². The van der Waals surface area contributed by atoms with E-state index in [4.69, 9.17) is 23.2 Å². The summed E-state index contributed by atoms with van der Waals surface area (Å²) in [5, 5.41) is 8.25. The van der Waals surface area contributed by atoms with Crippen LogP contribution in [0.25, 0.3) is 0 Å². The molecule has 0 fully saturated rings. The van der Waals surface area contributed by atoms with Crippen LogP contribution >= 0.6 is 23.2 Å². The molecule has 0 aromatic heterocycles. The maximum absolute atomic E-state index is 11.5. The monoisotopic (exact) mass is 272 g/mol. The van der Waals surface area contributed by atoms with Crippen molar-refractivity contribution in [2.75, 3.05) is 0 Å². The summed E-state index contributed by atoms with van der Waals surface area (Å²) in [6.45, 7) is 1.70. The highest BCUT2D eigenvalue weighted by atomic mass is 35.5. The van der Waals surface area contributed by atoms with Crippen LogP contribution in [0.1, 0.15) is 13.3 Å². The second kappa shape index (κ2) is 5.90. The number of Topliss-reactive ketones (excluding diaryl/α,β-unsaturated/α-hetero) is 1. The lowest BCUT2D eigenvalue weighted by Crippen LogP contribution is -2.16. The normalized spacial score (nSPS) is 18.8. The molecule has 2 unspecified atom stereocenters. The molecule has 1 aliphatic carbocycles. The molecule has 3 nitrogen and oxygen atoms in total. The van der Waals surface area contributed by atoms with E-state index < -0.39 is 22.7 Å². The highest BCUT2D eigenvalue weighted by molar-refractivity contribution is 6.25. The van der Waals surface area contributed by atoms with Gasteiger partial charge in [0.25, 0.3) is 0 Å². The van der Waals surface area contributed by atoms with Crippen molar-refractivity contribution >= 4 is 34.8 Å². The highest BCUT2D eigenvalue weighted by Crippen LogP contribution is 2.18. The second-order valence-corrected chi connectivity index (χ2v) is 4.69. The number of halogens is 2. The third-order valence-electron chi connectivity index (χ3n) is 1.96. The number of ketones is 2. The number of carbonyl (C=O) groups is 2. The smallest absolute Gasteiger partial charge is 0.223 e. The van der Waals surface area contributed by atoms with Gasteiger partial charge in [-0.3, -0.25) is 9.59 Å². The van der Waals surface area contributed by atoms with Gasteiger partial charge in [0.15, 0.2) is 11.5 Å². The summed E-state index contributed by atoms with van der Waals surface area (Å²) in [6.07, 6.45) is 2.13. The van der Waals surface area contributed by atoms with E-state index in [0.29, 0.717) is 0 Å². The lowest BCUT2D eigenvalue weighted by atomic mass is 9.98. The van der Waals surface area contributed by atoms with E-state index in [1.807, 2.05) is 0 Å². The Morgan fingerprint density at radius 2 is 1.94 bits per heavy atom. The van der Waals surface area contributed by atoms with Gasteiger partial charge >= 0.3 is 0 Å². The van der Waals surface area contributed by atoms with Gasteiger partial charge in [0.05, 0.1) is 10.8 Å². The summed E-state index contributed by atoms with van der Waals surface area (Å²) in [6, 6.07) is 0. The number of carbonyl (C=O) groups excluding carboxylic acids is 2. The fourth-order valence-corrected chi connectivity index (χ4v) is 1.54. The molecule has 1 N–H and O–H groups in total. The predicted octanol–water partition coefficient (Wildman–Crippen LogP) is 2.13. The van der Waals surface area contributed by atoms with Gasteiger partial charge in [-0.2, -0.15) is 0 Å². The summed E-state index contributed by atoms with van der Waals surface area (Å²) in [7, 11) is 0. The number of hydrogen-bond donors (Lipinski definition) is 1. The van der Waals surface area contributed by atoms with E-state index in [9.17, 15) is 14.7 Å².